The zero-order chi connectivity index (χ0) is 17.7. The summed E-state index contributed by atoms with van der Waals surface area (Å²) in [6.07, 6.45) is 0.882. The second-order valence-electron chi connectivity index (χ2n) is 5.83. The van der Waals surface area contributed by atoms with Gasteiger partial charge in [-0.2, -0.15) is 0 Å². The van der Waals surface area contributed by atoms with Crippen LogP contribution >= 0.6 is 0 Å². The molecule has 3 aromatic carbocycles. The van der Waals surface area contributed by atoms with Gasteiger partial charge in [-0.15, -0.1) is 0 Å². The van der Waals surface area contributed by atoms with Gasteiger partial charge in [0.15, 0.2) is 0 Å². The van der Waals surface area contributed by atoms with E-state index < -0.39 is 10.0 Å². The van der Waals surface area contributed by atoms with Crippen molar-refractivity contribution in [3.05, 3.63) is 96.1 Å². The van der Waals surface area contributed by atoms with E-state index in [0.717, 1.165) is 17.5 Å². The summed E-state index contributed by atoms with van der Waals surface area (Å²) in [6.45, 7) is 2.35. The summed E-state index contributed by atoms with van der Waals surface area (Å²) >= 11 is 0. The minimum atomic E-state index is -3.64. The first-order chi connectivity index (χ1) is 12.1. The molecule has 0 bridgehead atoms. The average Bonchev–Trinajstić information content (AvgIpc) is 2.67. The van der Waals surface area contributed by atoms with Gasteiger partial charge in [-0.1, -0.05) is 67.6 Å². The predicted octanol–water partition coefficient (Wildman–Crippen LogP) is 4.64. The molecule has 0 saturated carbocycles. The molecule has 3 nitrogen and oxygen atoms in total. The van der Waals surface area contributed by atoms with Gasteiger partial charge >= 0.3 is 0 Å². The zero-order valence-electron chi connectivity index (χ0n) is 14.2. The van der Waals surface area contributed by atoms with Crippen LogP contribution in [0, 0.1) is 0 Å². The van der Waals surface area contributed by atoms with Crippen molar-refractivity contribution < 1.29 is 8.42 Å². The molecular weight excluding hydrogens is 330 g/mol. The number of rotatable bonds is 6. The maximum absolute atomic E-state index is 13.3. The molecule has 0 atom stereocenters. The average molecular weight is 351 g/mol. The van der Waals surface area contributed by atoms with Gasteiger partial charge in [0.25, 0.3) is 10.0 Å². The van der Waals surface area contributed by atoms with Crippen LogP contribution in [0.4, 0.5) is 5.69 Å². The van der Waals surface area contributed by atoms with E-state index in [1.807, 2.05) is 72.8 Å². The van der Waals surface area contributed by atoms with Gasteiger partial charge in [0.1, 0.15) is 0 Å². The second kappa shape index (κ2) is 7.53. The van der Waals surface area contributed by atoms with Gasteiger partial charge in [0.2, 0.25) is 0 Å². The molecule has 0 amide bonds. The van der Waals surface area contributed by atoms with E-state index in [2.05, 4.69) is 6.92 Å². The fraction of sp³-hybridized carbons (Fsp3) is 0.143. The van der Waals surface area contributed by atoms with Crippen molar-refractivity contribution in [2.45, 2.75) is 24.8 Å². The molecular formula is C21H21NO2S. The summed E-state index contributed by atoms with van der Waals surface area (Å²) in [5.41, 5.74) is 2.72. The molecule has 0 aromatic heterocycles. The number of nitrogens with zero attached hydrogens (tertiary/aromatic N) is 1. The highest BCUT2D eigenvalue weighted by Crippen LogP contribution is 2.26. The topological polar surface area (TPSA) is 37.4 Å². The Hall–Kier alpha value is -2.59. The lowest BCUT2D eigenvalue weighted by atomic mass is 10.2. The number of anilines is 1. The first-order valence-corrected chi connectivity index (χ1v) is 9.76. The molecule has 0 N–H and O–H groups in total. The molecule has 0 heterocycles. The third kappa shape index (κ3) is 3.91. The van der Waals surface area contributed by atoms with Crippen molar-refractivity contribution in [1.29, 1.82) is 0 Å². The van der Waals surface area contributed by atoms with Crippen LogP contribution in [0.3, 0.4) is 0 Å². The Labute approximate surface area is 149 Å². The maximum atomic E-state index is 13.3. The SMILES string of the molecule is CCc1ccc(S(=O)(=O)N(Cc2ccccc2)c2ccccc2)cc1. The van der Waals surface area contributed by atoms with Crippen molar-refractivity contribution in [1.82, 2.24) is 0 Å². The van der Waals surface area contributed by atoms with E-state index in [0.29, 0.717) is 17.1 Å². The second-order valence-corrected chi connectivity index (χ2v) is 7.69. The summed E-state index contributed by atoms with van der Waals surface area (Å²) in [5.74, 6) is 0. The Morgan fingerprint density at radius 1 is 0.720 bits per heavy atom. The first-order valence-electron chi connectivity index (χ1n) is 8.32. The van der Waals surface area contributed by atoms with Crippen molar-refractivity contribution >= 4 is 15.7 Å². The molecule has 128 valence electrons. The number of hydrogen-bond acceptors (Lipinski definition) is 2. The van der Waals surface area contributed by atoms with Gasteiger partial charge in [-0.3, -0.25) is 4.31 Å². The number of hydrogen-bond donors (Lipinski definition) is 0. The number of para-hydroxylation sites is 1. The summed E-state index contributed by atoms with van der Waals surface area (Å²) in [7, 11) is -3.64. The Balaban J connectivity index is 2.03. The minimum Gasteiger partial charge on any atom is -0.262 e. The molecule has 0 fully saturated rings. The first kappa shape index (κ1) is 17.2. The fourth-order valence-electron chi connectivity index (χ4n) is 2.68. The lowest BCUT2D eigenvalue weighted by molar-refractivity contribution is 0.590. The number of benzene rings is 3. The highest BCUT2D eigenvalue weighted by molar-refractivity contribution is 7.92. The Morgan fingerprint density at radius 2 is 1.28 bits per heavy atom. The number of sulfonamides is 1. The molecule has 0 aliphatic rings. The van der Waals surface area contributed by atoms with Crippen LogP contribution in [0.5, 0.6) is 0 Å². The predicted molar refractivity (Wildman–Crippen MR) is 102 cm³/mol. The van der Waals surface area contributed by atoms with Crippen molar-refractivity contribution in [2.24, 2.45) is 0 Å². The Bertz CT molecular complexity index is 905. The molecule has 0 radical (unpaired) electrons. The summed E-state index contributed by atoms with van der Waals surface area (Å²) in [4.78, 5) is 0.310. The van der Waals surface area contributed by atoms with Crippen molar-refractivity contribution in [2.75, 3.05) is 4.31 Å². The molecule has 0 aliphatic carbocycles. The van der Waals surface area contributed by atoms with Crippen LogP contribution in [-0.4, -0.2) is 8.42 Å². The van der Waals surface area contributed by atoms with E-state index in [1.54, 1.807) is 12.1 Å². The lowest BCUT2D eigenvalue weighted by Crippen LogP contribution is -2.30. The van der Waals surface area contributed by atoms with Crippen molar-refractivity contribution in [3.8, 4) is 0 Å². The zero-order valence-corrected chi connectivity index (χ0v) is 15.0. The molecule has 3 rings (SSSR count). The van der Waals surface area contributed by atoms with E-state index in [-0.39, 0.29) is 0 Å². The van der Waals surface area contributed by atoms with E-state index in [1.165, 1.54) is 4.31 Å². The van der Waals surface area contributed by atoms with E-state index in [9.17, 15) is 8.42 Å². The van der Waals surface area contributed by atoms with Gasteiger partial charge in [0.05, 0.1) is 17.1 Å². The van der Waals surface area contributed by atoms with Crippen LogP contribution in [0.1, 0.15) is 18.1 Å². The molecule has 4 heteroatoms. The fourth-order valence-corrected chi connectivity index (χ4v) is 4.14. The van der Waals surface area contributed by atoms with E-state index in [4.69, 9.17) is 0 Å². The number of aryl methyl sites for hydroxylation is 1. The van der Waals surface area contributed by atoms with E-state index >= 15 is 0 Å². The molecule has 3 aromatic rings. The molecule has 25 heavy (non-hydrogen) atoms. The van der Waals surface area contributed by atoms with Crippen molar-refractivity contribution in [3.63, 3.8) is 0 Å². The summed E-state index contributed by atoms with van der Waals surface area (Å²) in [5, 5.41) is 0. The lowest BCUT2D eigenvalue weighted by Gasteiger charge is -2.25. The molecule has 0 unspecified atom stereocenters. The van der Waals surface area contributed by atoms with Crippen LogP contribution in [0.2, 0.25) is 0 Å². The van der Waals surface area contributed by atoms with Gasteiger partial charge in [0, 0.05) is 0 Å². The quantitative estimate of drug-likeness (QED) is 0.648. The molecule has 0 spiro atoms. The summed E-state index contributed by atoms with van der Waals surface area (Å²) in [6, 6.07) is 26.0. The van der Waals surface area contributed by atoms with Crippen LogP contribution in [-0.2, 0) is 23.0 Å². The van der Waals surface area contributed by atoms with Crippen LogP contribution in [0.15, 0.2) is 89.8 Å². The van der Waals surface area contributed by atoms with Crippen LogP contribution in [0.25, 0.3) is 0 Å². The minimum absolute atomic E-state index is 0.294. The molecule has 0 aliphatic heterocycles. The monoisotopic (exact) mass is 351 g/mol. The summed E-state index contributed by atoms with van der Waals surface area (Å²) < 4.78 is 28.0. The van der Waals surface area contributed by atoms with Gasteiger partial charge < -0.3 is 0 Å². The third-order valence-corrected chi connectivity index (χ3v) is 5.92. The Morgan fingerprint density at radius 3 is 1.84 bits per heavy atom. The smallest absolute Gasteiger partial charge is 0.262 e. The maximum Gasteiger partial charge on any atom is 0.264 e. The van der Waals surface area contributed by atoms with Gasteiger partial charge in [-0.05, 0) is 41.8 Å². The molecule has 0 saturated heterocycles. The highest BCUT2D eigenvalue weighted by atomic mass is 32.2. The highest BCUT2D eigenvalue weighted by Gasteiger charge is 2.25. The normalized spacial score (nSPS) is 11.2. The largest absolute Gasteiger partial charge is 0.264 e. The Kier molecular flexibility index (Phi) is 5.19. The standard InChI is InChI=1S/C21H21NO2S/c1-2-18-13-15-21(16-14-18)25(23,24)22(20-11-7-4-8-12-20)17-19-9-5-3-6-10-19/h3-16H,2,17H2,1H3. The van der Waals surface area contributed by atoms with Gasteiger partial charge in [-0.25, -0.2) is 8.42 Å². The third-order valence-electron chi connectivity index (χ3n) is 4.13. The van der Waals surface area contributed by atoms with Crippen LogP contribution < -0.4 is 4.31 Å².